The molecule has 1 aromatic carbocycles. The molecule has 3 N–H and O–H groups in total. The Morgan fingerprint density at radius 1 is 1.18 bits per heavy atom. The number of nitrogens with one attached hydrogen (secondary N) is 3. The van der Waals surface area contributed by atoms with Gasteiger partial charge in [0.15, 0.2) is 5.96 Å². The first-order valence-corrected chi connectivity index (χ1v) is 9.95. The van der Waals surface area contributed by atoms with Crippen LogP contribution in [0.15, 0.2) is 46.8 Å². The molecule has 0 bridgehead atoms. The predicted molar refractivity (Wildman–Crippen MR) is 127 cm³/mol. The van der Waals surface area contributed by atoms with Crippen LogP contribution in [0.25, 0.3) is 0 Å². The van der Waals surface area contributed by atoms with E-state index in [1.165, 1.54) is 4.88 Å². The van der Waals surface area contributed by atoms with E-state index in [9.17, 15) is 4.79 Å². The first kappa shape index (κ1) is 24.2. The van der Waals surface area contributed by atoms with Crippen molar-refractivity contribution in [2.45, 2.75) is 26.3 Å². The zero-order valence-electron chi connectivity index (χ0n) is 16.5. The summed E-state index contributed by atoms with van der Waals surface area (Å²) in [7, 11) is 1.63. The maximum absolute atomic E-state index is 12.1. The van der Waals surface area contributed by atoms with Crippen molar-refractivity contribution in [1.82, 2.24) is 16.0 Å². The van der Waals surface area contributed by atoms with Crippen molar-refractivity contribution in [2.75, 3.05) is 26.7 Å². The quantitative estimate of drug-likeness (QED) is 0.272. The lowest BCUT2D eigenvalue weighted by atomic mass is 10.1. The molecular weight excluding hydrogens is 487 g/mol. The molecule has 0 radical (unpaired) electrons. The molecule has 1 unspecified atom stereocenters. The van der Waals surface area contributed by atoms with Crippen molar-refractivity contribution in [3.05, 3.63) is 52.2 Å². The van der Waals surface area contributed by atoms with E-state index in [1.54, 1.807) is 18.4 Å². The van der Waals surface area contributed by atoms with Crippen LogP contribution in [0, 0.1) is 0 Å². The number of aliphatic imine (C=N–C) groups is 1. The van der Waals surface area contributed by atoms with Crippen molar-refractivity contribution >= 4 is 47.2 Å². The Labute approximate surface area is 188 Å². The highest BCUT2D eigenvalue weighted by atomic mass is 127. The lowest BCUT2D eigenvalue weighted by molar-refractivity contribution is -0.119. The van der Waals surface area contributed by atoms with Crippen LogP contribution in [0.1, 0.15) is 30.2 Å². The van der Waals surface area contributed by atoms with E-state index >= 15 is 0 Å². The molecule has 2 rings (SSSR count). The first-order chi connectivity index (χ1) is 13.1. The number of guanidine groups is 1. The second-order valence-electron chi connectivity index (χ2n) is 6.12. The van der Waals surface area contributed by atoms with Crippen LogP contribution in [0.5, 0.6) is 5.75 Å². The van der Waals surface area contributed by atoms with Gasteiger partial charge in [0.05, 0.1) is 7.11 Å². The largest absolute Gasteiger partial charge is 0.497 e. The molecule has 28 heavy (non-hydrogen) atoms. The number of thiophene rings is 1. The van der Waals surface area contributed by atoms with Crippen molar-refractivity contribution in [2.24, 2.45) is 4.99 Å². The second kappa shape index (κ2) is 13.4. The zero-order valence-corrected chi connectivity index (χ0v) is 19.7. The maximum atomic E-state index is 12.1. The molecule has 6 nitrogen and oxygen atoms in total. The van der Waals surface area contributed by atoms with E-state index in [1.807, 2.05) is 31.2 Å². The fourth-order valence-electron chi connectivity index (χ4n) is 2.41. The molecular formula is C20H29IN4O2S. The minimum Gasteiger partial charge on any atom is -0.497 e. The molecule has 0 fully saturated rings. The predicted octanol–water partition coefficient (Wildman–Crippen LogP) is 3.35. The third kappa shape index (κ3) is 8.47. The molecule has 2 aromatic rings. The van der Waals surface area contributed by atoms with Crippen molar-refractivity contribution in [3.63, 3.8) is 0 Å². The smallest absolute Gasteiger partial charge is 0.242 e. The van der Waals surface area contributed by atoms with Gasteiger partial charge in [-0.05, 0) is 36.1 Å². The number of amides is 1. The van der Waals surface area contributed by atoms with Gasteiger partial charge >= 0.3 is 0 Å². The Kier molecular flexibility index (Phi) is 11.6. The molecule has 0 aliphatic carbocycles. The Bertz CT molecular complexity index is 720. The third-order valence-corrected chi connectivity index (χ3v) is 5.08. The molecule has 0 aliphatic rings. The third-order valence-electron chi connectivity index (χ3n) is 3.98. The summed E-state index contributed by atoms with van der Waals surface area (Å²) in [5.41, 5.74) is 1.02. The minimum absolute atomic E-state index is 0. The zero-order chi connectivity index (χ0) is 19.5. The summed E-state index contributed by atoms with van der Waals surface area (Å²) in [6.07, 6.45) is 0. The molecule has 1 heterocycles. The van der Waals surface area contributed by atoms with Gasteiger partial charge in [0.25, 0.3) is 0 Å². The summed E-state index contributed by atoms with van der Waals surface area (Å²) < 4.78 is 5.13. The monoisotopic (exact) mass is 516 g/mol. The standard InChI is InChI=1S/C20H28N4O2S.HI/c1-4-21-20(23-12-15(2)18-6-5-11-27-18)24-14-19(25)22-13-16-7-9-17(26-3)10-8-16;/h5-11,15H,4,12-14H2,1-3H3,(H,22,25)(H2,21,23,24);1H. The van der Waals surface area contributed by atoms with E-state index in [2.05, 4.69) is 45.4 Å². The number of halogens is 1. The van der Waals surface area contributed by atoms with Crippen LogP contribution >= 0.6 is 35.3 Å². The van der Waals surface area contributed by atoms with Crippen LogP contribution in [0.2, 0.25) is 0 Å². The summed E-state index contributed by atoms with van der Waals surface area (Å²) in [5, 5.41) is 11.4. The fraction of sp³-hybridized carbons (Fsp3) is 0.400. The summed E-state index contributed by atoms with van der Waals surface area (Å²) in [6, 6.07) is 11.8. The molecule has 0 saturated carbocycles. The SMILES string of the molecule is CCNC(=NCC(=O)NCc1ccc(OC)cc1)NCC(C)c1cccs1.I. The summed E-state index contributed by atoms with van der Waals surface area (Å²) in [4.78, 5) is 17.8. The average molecular weight is 516 g/mol. The molecule has 154 valence electrons. The van der Waals surface area contributed by atoms with Crippen LogP contribution < -0.4 is 20.7 Å². The van der Waals surface area contributed by atoms with Crippen LogP contribution in [-0.2, 0) is 11.3 Å². The number of hydrogen-bond acceptors (Lipinski definition) is 4. The van der Waals surface area contributed by atoms with Gasteiger partial charge in [0.2, 0.25) is 5.91 Å². The average Bonchev–Trinajstić information content (AvgIpc) is 3.23. The lowest BCUT2D eigenvalue weighted by Crippen LogP contribution is -2.40. The number of carbonyl (C=O) groups is 1. The fourth-order valence-corrected chi connectivity index (χ4v) is 3.20. The maximum Gasteiger partial charge on any atom is 0.242 e. The van der Waals surface area contributed by atoms with E-state index < -0.39 is 0 Å². The first-order valence-electron chi connectivity index (χ1n) is 9.07. The van der Waals surface area contributed by atoms with Gasteiger partial charge in [-0.15, -0.1) is 35.3 Å². The van der Waals surface area contributed by atoms with Gasteiger partial charge in [-0.1, -0.05) is 25.1 Å². The molecule has 0 saturated heterocycles. The van der Waals surface area contributed by atoms with Crippen molar-refractivity contribution in [3.8, 4) is 5.75 Å². The highest BCUT2D eigenvalue weighted by Crippen LogP contribution is 2.19. The van der Waals surface area contributed by atoms with Gasteiger partial charge in [-0.2, -0.15) is 0 Å². The molecule has 0 spiro atoms. The van der Waals surface area contributed by atoms with E-state index in [0.717, 1.165) is 24.4 Å². The van der Waals surface area contributed by atoms with Crippen LogP contribution in [-0.4, -0.2) is 38.6 Å². The molecule has 8 heteroatoms. The number of carbonyl (C=O) groups excluding carboxylic acids is 1. The molecule has 1 atom stereocenters. The second-order valence-corrected chi connectivity index (χ2v) is 7.10. The van der Waals surface area contributed by atoms with Gasteiger partial charge in [0.1, 0.15) is 12.3 Å². The topological polar surface area (TPSA) is 74.8 Å². The Morgan fingerprint density at radius 2 is 1.93 bits per heavy atom. The number of methoxy groups -OCH3 is 1. The number of nitrogens with zero attached hydrogens (tertiary/aromatic N) is 1. The van der Waals surface area contributed by atoms with Gasteiger partial charge < -0.3 is 20.7 Å². The number of rotatable bonds is 9. The Morgan fingerprint density at radius 3 is 2.54 bits per heavy atom. The van der Waals surface area contributed by atoms with Gasteiger partial charge in [-0.3, -0.25) is 4.79 Å². The summed E-state index contributed by atoms with van der Waals surface area (Å²) >= 11 is 1.75. The molecule has 1 amide bonds. The minimum atomic E-state index is -0.116. The molecule has 1 aromatic heterocycles. The highest BCUT2D eigenvalue weighted by Gasteiger charge is 2.08. The van der Waals surface area contributed by atoms with E-state index in [0.29, 0.717) is 18.4 Å². The Hall–Kier alpha value is -1.81. The number of hydrogen-bond donors (Lipinski definition) is 3. The van der Waals surface area contributed by atoms with Crippen molar-refractivity contribution < 1.29 is 9.53 Å². The van der Waals surface area contributed by atoms with E-state index in [-0.39, 0.29) is 36.4 Å². The number of benzene rings is 1. The number of ether oxygens (including phenoxy) is 1. The lowest BCUT2D eigenvalue weighted by Gasteiger charge is -2.15. The van der Waals surface area contributed by atoms with Crippen molar-refractivity contribution in [1.29, 1.82) is 0 Å². The molecule has 0 aliphatic heterocycles. The summed E-state index contributed by atoms with van der Waals surface area (Å²) in [6.45, 7) is 6.23. The van der Waals surface area contributed by atoms with Crippen LogP contribution in [0.4, 0.5) is 0 Å². The van der Waals surface area contributed by atoms with Gasteiger partial charge in [-0.25, -0.2) is 4.99 Å². The van der Waals surface area contributed by atoms with Gasteiger partial charge in [0, 0.05) is 30.4 Å². The normalized spacial score (nSPS) is 11.9. The summed E-state index contributed by atoms with van der Waals surface area (Å²) in [5.74, 6) is 1.72. The van der Waals surface area contributed by atoms with Crippen LogP contribution in [0.3, 0.4) is 0 Å². The van der Waals surface area contributed by atoms with E-state index in [4.69, 9.17) is 4.74 Å². The Balaban J connectivity index is 0.00000392. The highest BCUT2D eigenvalue weighted by molar-refractivity contribution is 14.0.